The maximum absolute atomic E-state index is 11.6. The highest BCUT2D eigenvalue weighted by Crippen LogP contribution is 2.40. The Balaban J connectivity index is 2.12. The number of hydrogen-bond donors (Lipinski definition) is 1. The molecule has 3 aromatic heterocycles. The Morgan fingerprint density at radius 2 is 1.68 bits per heavy atom. The number of aromatic hydroxyl groups is 1. The number of rotatable bonds is 2. The second-order valence-electron chi connectivity index (χ2n) is 4.80. The average molecular weight is 326 g/mol. The fraction of sp³-hybridized carbons (Fsp3) is 0. The Morgan fingerprint density at radius 1 is 0.955 bits per heavy atom. The first-order chi connectivity index (χ1) is 10.7. The molecule has 0 aliphatic rings. The third kappa shape index (κ3) is 2.15. The molecule has 4 aromatic rings. The van der Waals surface area contributed by atoms with Crippen molar-refractivity contribution in [1.29, 1.82) is 0 Å². The molecule has 0 saturated heterocycles. The van der Waals surface area contributed by atoms with E-state index in [1.54, 1.807) is 28.7 Å². The minimum Gasteiger partial charge on any atom is -0.507 e. The molecule has 5 heteroatoms. The summed E-state index contributed by atoms with van der Waals surface area (Å²) in [5.41, 5.74) is 1.70. The van der Waals surface area contributed by atoms with E-state index >= 15 is 0 Å². The van der Waals surface area contributed by atoms with Crippen LogP contribution in [0.1, 0.15) is 0 Å². The lowest BCUT2D eigenvalue weighted by Gasteiger charge is -2.08. The summed E-state index contributed by atoms with van der Waals surface area (Å²) in [5.74, 6) is -0.0487. The molecule has 22 heavy (non-hydrogen) atoms. The minimum atomic E-state index is -0.551. The van der Waals surface area contributed by atoms with E-state index < -0.39 is 5.63 Å². The van der Waals surface area contributed by atoms with Gasteiger partial charge < -0.3 is 9.52 Å². The van der Waals surface area contributed by atoms with E-state index in [2.05, 4.69) is 0 Å². The molecule has 3 heterocycles. The van der Waals surface area contributed by atoms with Gasteiger partial charge >= 0.3 is 5.63 Å². The zero-order chi connectivity index (χ0) is 15.1. The zero-order valence-corrected chi connectivity index (χ0v) is 12.9. The summed E-state index contributed by atoms with van der Waals surface area (Å²) < 4.78 is 5.31. The molecule has 4 rings (SSSR count). The van der Waals surface area contributed by atoms with Gasteiger partial charge in [0.1, 0.15) is 11.3 Å². The molecular weight excluding hydrogens is 316 g/mol. The van der Waals surface area contributed by atoms with Crippen molar-refractivity contribution >= 4 is 33.6 Å². The molecule has 0 radical (unpaired) electrons. The van der Waals surface area contributed by atoms with Crippen molar-refractivity contribution in [1.82, 2.24) is 0 Å². The van der Waals surface area contributed by atoms with Crippen LogP contribution in [0.2, 0.25) is 0 Å². The molecule has 0 fully saturated rings. The van der Waals surface area contributed by atoms with Crippen LogP contribution in [0.15, 0.2) is 62.4 Å². The second-order valence-corrected chi connectivity index (χ2v) is 6.70. The SMILES string of the molecule is O=c1cc(O)c2c(-c3cccs3)cc(-c3cccs3)cc2o1. The van der Waals surface area contributed by atoms with Gasteiger partial charge in [-0.3, -0.25) is 0 Å². The van der Waals surface area contributed by atoms with Gasteiger partial charge in [-0.2, -0.15) is 0 Å². The van der Waals surface area contributed by atoms with E-state index in [-0.39, 0.29) is 5.75 Å². The van der Waals surface area contributed by atoms with E-state index in [0.717, 1.165) is 26.9 Å². The topological polar surface area (TPSA) is 50.4 Å². The molecule has 0 bridgehead atoms. The summed E-state index contributed by atoms with van der Waals surface area (Å²) in [6.07, 6.45) is 0. The van der Waals surface area contributed by atoms with Crippen molar-refractivity contribution in [2.24, 2.45) is 0 Å². The largest absolute Gasteiger partial charge is 0.507 e. The summed E-state index contributed by atoms with van der Waals surface area (Å²) >= 11 is 3.20. The molecule has 108 valence electrons. The Morgan fingerprint density at radius 3 is 2.36 bits per heavy atom. The van der Waals surface area contributed by atoms with E-state index in [1.165, 1.54) is 0 Å². The number of hydrogen-bond acceptors (Lipinski definition) is 5. The first-order valence-corrected chi connectivity index (χ1v) is 8.37. The Labute approximate surface area is 133 Å². The van der Waals surface area contributed by atoms with Gasteiger partial charge in [-0.1, -0.05) is 12.1 Å². The third-order valence-corrected chi connectivity index (χ3v) is 5.24. The Hall–Kier alpha value is -2.37. The van der Waals surface area contributed by atoms with Crippen molar-refractivity contribution in [3.8, 4) is 26.6 Å². The highest BCUT2D eigenvalue weighted by Gasteiger charge is 2.15. The summed E-state index contributed by atoms with van der Waals surface area (Å²) in [6, 6.07) is 12.9. The minimum absolute atomic E-state index is 0.0487. The lowest BCUT2D eigenvalue weighted by Crippen LogP contribution is -1.96. The van der Waals surface area contributed by atoms with Crippen LogP contribution >= 0.6 is 22.7 Å². The van der Waals surface area contributed by atoms with Crippen LogP contribution in [0.3, 0.4) is 0 Å². The maximum Gasteiger partial charge on any atom is 0.339 e. The quantitative estimate of drug-likeness (QED) is 0.530. The van der Waals surface area contributed by atoms with Crippen molar-refractivity contribution < 1.29 is 9.52 Å². The Bertz CT molecular complexity index is 996. The summed E-state index contributed by atoms with van der Waals surface area (Å²) in [4.78, 5) is 13.7. The van der Waals surface area contributed by atoms with E-state index in [4.69, 9.17) is 4.42 Å². The van der Waals surface area contributed by atoms with Gasteiger partial charge in [0.05, 0.1) is 11.5 Å². The van der Waals surface area contributed by atoms with Crippen LogP contribution in [0.4, 0.5) is 0 Å². The number of benzene rings is 1. The normalized spacial score (nSPS) is 11.1. The zero-order valence-electron chi connectivity index (χ0n) is 11.3. The lowest BCUT2D eigenvalue weighted by atomic mass is 10.0. The molecule has 3 nitrogen and oxygen atoms in total. The first kappa shape index (κ1) is 13.3. The van der Waals surface area contributed by atoms with Crippen molar-refractivity contribution in [3.63, 3.8) is 0 Å². The molecule has 0 amide bonds. The highest BCUT2D eigenvalue weighted by molar-refractivity contribution is 7.14. The molecule has 0 unspecified atom stereocenters. The first-order valence-electron chi connectivity index (χ1n) is 6.61. The van der Waals surface area contributed by atoms with E-state index in [0.29, 0.717) is 11.0 Å². The number of thiophene rings is 2. The fourth-order valence-corrected chi connectivity index (χ4v) is 3.96. The van der Waals surface area contributed by atoms with Gasteiger partial charge in [-0.05, 0) is 40.6 Å². The third-order valence-electron chi connectivity index (χ3n) is 3.42. The average Bonchev–Trinajstić information content (AvgIpc) is 3.19. The predicted molar refractivity (Wildman–Crippen MR) is 90.8 cm³/mol. The van der Waals surface area contributed by atoms with Crippen LogP contribution in [-0.4, -0.2) is 5.11 Å². The van der Waals surface area contributed by atoms with Crippen LogP contribution in [0.5, 0.6) is 5.75 Å². The molecule has 0 atom stereocenters. The molecule has 1 aromatic carbocycles. The van der Waals surface area contributed by atoms with Gasteiger partial charge in [0, 0.05) is 15.3 Å². The van der Waals surface area contributed by atoms with Crippen LogP contribution in [-0.2, 0) is 0 Å². The van der Waals surface area contributed by atoms with E-state index in [9.17, 15) is 9.90 Å². The standard InChI is InChI=1S/C17H10O3S2/c18-12-9-16(19)20-13-8-10(14-3-1-5-21-14)7-11(17(12)13)15-4-2-6-22-15/h1-9,18H. The maximum atomic E-state index is 11.6. The molecule has 0 saturated carbocycles. The molecular formula is C17H10O3S2. The smallest absolute Gasteiger partial charge is 0.339 e. The lowest BCUT2D eigenvalue weighted by molar-refractivity contribution is 0.468. The summed E-state index contributed by atoms with van der Waals surface area (Å²) in [6.45, 7) is 0. The van der Waals surface area contributed by atoms with Crippen LogP contribution < -0.4 is 5.63 Å². The van der Waals surface area contributed by atoms with Gasteiger partial charge in [-0.15, -0.1) is 22.7 Å². The summed E-state index contributed by atoms with van der Waals surface area (Å²) in [7, 11) is 0. The fourth-order valence-electron chi connectivity index (χ4n) is 2.49. The monoisotopic (exact) mass is 326 g/mol. The van der Waals surface area contributed by atoms with Crippen molar-refractivity contribution in [3.05, 3.63) is 63.6 Å². The highest BCUT2D eigenvalue weighted by atomic mass is 32.1. The van der Waals surface area contributed by atoms with Gasteiger partial charge in [0.2, 0.25) is 0 Å². The van der Waals surface area contributed by atoms with Crippen LogP contribution in [0, 0.1) is 0 Å². The van der Waals surface area contributed by atoms with Gasteiger partial charge in [-0.25, -0.2) is 4.79 Å². The van der Waals surface area contributed by atoms with Crippen molar-refractivity contribution in [2.75, 3.05) is 0 Å². The Kier molecular flexibility index (Phi) is 3.10. The van der Waals surface area contributed by atoms with Crippen molar-refractivity contribution in [2.45, 2.75) is 0 Å². The predicted octanol–water partition coefficient (Wildman–Crippen LogP) is 4.96. The van der Waals surface area contributed by atoms with E-state index in [1.807, 2.05) is 41.1 Å². The second kappa shape index (κ2) is 5.12. The molecule has 0 aliphatic heterocycles. The van der Waals surface area contributed by atoms with Crippen LogP contribution in [0.25, 0.3) is 31.9 Å². The molecule has 0 aliphatic carbocycles. The summed E-state index contributed by atoms with van der Waals surface area (Å²) in [5, 5.41) is 14.8. The number of fused-ring (bicyclic) bond motifs is 1. The van der Waals surface area contributed by atoms with Gasteiger partial charge in [0.15, 0.2) is 0 Å². The van der Waals surface area contributed by atoms with Gasteiger partial charge in [0.25, 0.3) is 0 Å². The molecule has 0 spiro atoms. The molecule has 1 N–H and O–H groups in total.